The molecule has 1 unspecified atom stereocenters. The SMILES string of the molecule is CC(C)(C)c1ccc(C(=O)N(Cc2cccc(Cl)c2)C2CCS(=O)(=O)C2)cc1. The van der Waals surface area contributed by atoms with E-state index in [1.54, 1.807) is 11.0 Å². The molecule has 0 aromatic heterocycles. The zero-order valence-electron chi connectivity index (χ0n) is 16.5. The fraction of sp³-hybridized carbons (Fsp3) is 0.409. The lowest BCUT2D eigenvalue weighted by molar-refractivity contribution is 0.0681. The average Bonchev–Trinajstić information content (AvgIpc) is 2.98. The molecular formula is C22H26ClNO3S. The summed E-state index contributed by atoms with van der Waals surface area (Å²) < 4.78 is 24.0. The van der Waals surface area contributed by atoms with Gasteiger partial charge in [0.1, 0.15) is 0 Å². The van der Waals surface area contributed by atoms with E-state index in [1.807, 2.05) is 42.5 Å². The molecule has 3 rings (SSSR count). The monoisotopic (exact) mass is 419 g/mol. The molecule has 1 saturated heterocycles. The van der Waals surface area contributed by atoms with Crippen LogP contribution < -0.4 is 0 Å². The highest BCUT2D eigenvalue weighted by molar-refractivity contribution is 7.91. The maximum absolute atomic E-state index is 13.3. The molecule has 1 heterocycles. The number of sulfone groups is 1. The second-order valence-electron chi connectivity index (χ2n) is 8.45. The van der Waals surface area contributed by atoms with Gasteiger partial charge in [0.15, 0.2) is 9.84 Å². The number of carbonyl (C=O) groups excluding carboxylic acids is 1. The van der Waals surface area contributed by atoms with Crippen LogP contribution in [-0.2, 0) is 21.8 Å². The Balaban J connectivity index is 1.90. The van der Waals surface area contributed by atoms with Gasteiger partial charge < -0.3 is 4.90 Å². The first-order valence-corrected chi connectivity index (χ1v) is 11.6. The Morgan fingerprint density at radius 2 is 1.82 bits per heavy atom. The number of nitrogens with zero attached hydrogens (tertiary/aromatic N) is 1. The number of amides is 1. The van der Waals surface area contributed by atoms with Crippen molar-refractivity contribution in [1.29, 1.82) is 0 Å². The third-order valence-corrected chi connectivity index (χ3v) is 7.14. The van der Waals surface area contributed by atoms with Gasteiger partial charge in [-0.25, -0.2) is 8.42 Å². The highest BCUT2D eigenvalue weighted by Crippen LogP contribution is 2.26. The molecule has 1 aliphatic heterocycles. The maximum atomic E-state index is 13.3. The van der Waals surface area contributed by atoms with Crippen LogP contribution in [0.3, 0.4) is 0 Å². The Hall–Kier alpha value is -1.85. The minimum atomic E-state index is -3.10. The first-order chi connectivity index (χ1) is 13.0. The van der Waals surface area contributed by atoms with Crippen LogP contribution >= 0.6 is 11.6 Å². The summed E-state index contributed by atoms with van der Waals surface area (Å²) >= 11 is 6.09. The van der Waals surface area contributed by atoms with Gasteiger partial charge in [0.2, 0.25) is 0 Å². The summed E-state index contributed by atoms with van der Waals surface area (Å²) in [6.45, 7) is 6.70. The van der Waals surface area contributed by atoms with Crippen molar-refractivity contribution >= 4 is 27.3 Å². The molecule has 1 atom stereocenters. The quantitative estimate of drug-likeness (QED) is 0.734. The van der Waals surface area contributed by atoms with Gasteiger partial charge in [-0.2, -0.15) is 0 Å². The Kier molecular flexibility index (Phi) is 5.87. The van der Waals surface area contributed by atoms with E-state index in [0.717, 1.165) is 11.1 Å². The van der Waals surface area contributed by atoms with E-state index in [1.165, 1.54) is 0 Å². The van der Waals surface area contributed by atoms with Gasteiger partial charge in [0, 0.05) is 23.2 Å². The van der Waals surface area contributed by atoms with Crippen molar-refractivity contribution in [3.63, 3.8) is 0 Å². The first kappa shape index (κ1) is 20.9. The Bertz CT molecular complexity index is 962. The summed E-state index contributed by atoms with van der Waals surface area (Å²) in [6.07, 6.45) is 0.467. The van der Waals surface area contributed by atoms with Crippen molar-refractivity contribution in [1.82, 2.24) is 4.90 Å². The van der Waals surface area contributed by atoms with E-state index >= 15 is 0 Å². The molecule has 0 aliphatic carbocycles. The molecule has 1 aliphatic rings. The summed E-state index contributed by atoms with van der Waals surface area (Å²) in [4.78, 5) is 15.0. The molecular weight excluding hydrogens is 394 g/mol. The van der Waals surface area contributed by atoms with Crippen LogP contribution in [-0.4, -0.2) is 36.8 Å². The van der Waals surface area contributed by atoms with Gasteiger partial charge in [-0.3, -0.25) is 4.79 Å². The number of benzene rings is 2. The molecule has 1 amide bonds. The zero-order chi connectivity index (χ0) is 20.5. The third-order valence-electron chi connectivity index (χ3n) is 5.15. The Morgan fingerprint density at radius 3 is 2.36 bits per heavy atom. The first-order valence-electron chi connectivity index (χ1n) is 9.41. The molecule has 6 heteroatoms. The smallest absolute Gasteiger partial charge is 0.254 e. The Morgan fingerprint density at radius 1 is 1.14 bits per heavy atom. The number of hydrogen-bond donors (Lipinski definition) is 0. The number of rotatable bonds is 4. The summed E-state index contributed by atoms with van der Waals surface area (Å²) in [5.74, 6) is -0.0122. The lowest BCUT2D eigenvalue weighted by atomic mass is 9.86. The predicted molar refractivity (Wildman–Crippen MR) is 114 cm³/mol. The highest BCUT2D eigenvalue weighted by Gasteiger charge is 2.35. The van der Waals surface area contributed by atoms with Crippen molar-refractivity contribution in [3.8, 4) is 0 Å². The van der Waals surface area contributed by atoms with Crippen molar-refractivity contribution in [3.05, 3.63) is 70.2 Å². The summed E-state index contributed by atoms with van der Waals surface area (Å²) in [6, 6.07) is 14.6. The third kappa shape index (κ3) is 4.95. The molecule has 4 nitrogen and oxygen atoms in total. The van der Waals surface area contributed by atoms with Crippen LogP contribution in [0.25, 0.3) is 0 Å². The molecule has 28 heavy (non-hydrogen) atoms. The topological polar surface area (TPSA) is 54.5 Å². The summed E-state index contributed by atoms with van der Waals surface area (Å²) in [5, 5.41) is 0.596. The molecule has 0 spiro atoms. The van der Waals surface area contributed by atoms with Gasteiger partial charge in [-0.05, 0) is 47.2 Å². The van der Waals surface area contributed by atoms with E-state index in [0.29, 0.717) is 23.6 Å². The number of hydrogen-bond acceptors (Lipinski definition) is 3. The van der Waals surface area contributed by atoms with Crippen LogP contribution in [0.4, 0.5) is 0 Å². The van der Waals surface area contributed by atoms with Crippen LogP contribution in [0, 0.1) is 0 Å². The van der Waals surface area contributed by atoms with E-state index < -0.39 is 9.84 Å². The van der Waals surface area contributed by atoms with Crippen molar-refractivity contribution in [2.75, 3.05) is 11.5 Å². The predicted octanol–water partition coefficient (Wildman–Crippen LogP) is 4.47. The fourth-order valence-corrected chi connectivity index (χ4v) is 5.44. The van der Waals surface area contributed by atoms with Crippen LogP contribution in [0.5, 0.6) is 0 Å². The van der Waals surface area contributed by atoms with Gasteiger partial charge in [-0.1, -0.05) is 56.6 Å². The van der Waals surface area contributed by atoms with Gasteiger partial charge in [-0.15, -0.1) is 0 Å². The zero-order valence-corrected chi connectivity index (χ0v) is 18.1. The molecule has 1 fully saturated rings. The van der Waals surface area contributed by atoms with E-state index in [9.17, 15) is 13.2 Å². The molecule has 0 N–H and O–H groups in total. The lowest BCUT2D eigenvalue weighted by Gasteiger charge is -2.29. The van der Waals surface area contributed by atoms with E-state index in [2.05, 4.69) is 20.8 Å². The Labute approximate surface area is 172 Å². The lowest BCUT2D eigenvalue weighted by Crippen LogP contribution is -2.40. The minimum absolute atomic E-state index is 0.00157. The van der Waals surface area contributed by atoms with Crippen LogP contribution in [0.2, 0.25) is 5.02 Å². The highest BCUT2D eigenvalue weighted by atomic mass is 35.5. The van der Waals surface area contributed by atoms with Crippen molar-refractivity contribution in [2.45, 2.75) is 45.2 Å². The normalized spacial score (nSPS) is 18.8. The van der Waals surface area contributed by atoms with Gasteiger partial charge >= 0.3 is 0 Å². The molecule has 0 saturated carbocycles. The minimum Gasteiger partial charge on any atom is -0.330 e. The molecule has 150 valence electrons. The van der Waals surface area contributed by atoms with E-state index in [-0.39, 0.29) is 28.9 Å². The van der Waals surface area contributed by atoms with E-state index in [4.69, 9.17) is 11.6 Å². The summed E-state index contributed by atoms with van der Waals surface area (Å²) in [7, 11) is -3.10. The average molecular weight is 420 g/mol. The standard InChI is InChI=1S/C22H26ClNO3S/c1-22(2,3)18-9-7-17(8-10-18)21(25)24(20-11-12-28(26,27)15-20)14-16-5-4-6-19(23)13-16/h4-10,13,20H,11-12,14-15H2,1-3H3. The van der Waals surface area contributed by atoms with Crippen LogP contribution in [0.1, 0.15) is 48.7 Å². The van der Waals surface area contributed by atoms with Gasteiger partial charge in [0.25, 0.3) is 5.91 Å². The number of carbonyl (C=O) groups is 1. The molecule has 0 radical (unpaired) electrons. The fourth-order valence-electron chi connectivity index (χ4n) is 3.50. The second kappa shape index (κ2) is 7.88. The van der Waals surface area contributed by atoms with Crippen LogP contribution in [0.15, 0.2) is 48.5 Å². The molecule has 2 aromatic rings. The van der Waals surface area contributed by atoms with Crippen molar-refractivity contribution < 1.29 is 13.2 Å². The molecule has 0 bridgehead atoms. The number of halogens is 1. The largest absolute Gasteiger partial charge is 0.330 e. The summed E-state index contributed by atoms with van der Waals surface area (Å²) in [5.41, 5.74) is 2.60. The second-order valence-corrected chi connectivity index (χ2v) is 11.1. The maximum Gasteiger partial charge on any atom is 0.254 e. The molecule has 2 aromatic carbocycles. The van der Waals surface area contributed by atoms with Gasteiger partial charge in [0.05, 0.1) is 11.5 Å². The van der Waals surface area contributed by atoms with Crippen molar-refractivity contribution in [2.24, 2.45) is 0 Å².